The van der Waals surface area contributed by atoms with Crippen molar-refractivity contribution in [1.82, 2.24) is 0 Å². The van der Waals surface area contributed by atoms with E-state index >= 15 is 0 Å². The zero-order valence-corrected chi connectivity index (χ0v) is 13.6. The Morgan fingerprint density at radius 3 is 1.67 bits per heavy atom. The molecule has 0 nitrogen and oxygen atoms in total. The standard InChI is InChI=1S/C13H24IP/c1-11(2)9-13(7-5-6-8-13)10-12(3,4)15(11)14/h5-10H2,1-4H3. The highest BCUT2D eigenvalue weighted by Crippen LogP contribution is 2.75. The molecule has 2 heteroatoms. The van der Waals surface area contributed by atoms with E-state index in [0.29, 0.717) is 10.3 Å². The van der Waals surface area contributed by atoms with E-state index in [-0.39, 0.29) is 5.56 Å². The first-order valence-electron chi connectivity index (χ1n) is 6.24. The molecule has 1 spiro atoms. The molecule has 1 aliphatic heterocycles. The first-order valence-corrected chi connectivity index (χ1v) is 10.4. The zero-order chi connectivity index (χ0) is 11.3. The van der Waals surface area contributed by atoms with E-state index in [0.717, 1.165) is 5.41 Å². The van der Waals surface area contributed by atoms with E-state index in [4.69, 9.17) is 0 Å². The van der Waals surface area contributed by atoms with Crippen LogP contribution >= 0.6 is 27.6 Å². The molecule has 88 valence electrons. The van der Waals surface area contributed by atoms with Crippen molar-refractivity contribution in [3.8, 4) is 0 Å². The van der Waals surface area contributed by atoms with Crippen molar-refractivity contribution >= 4 is 27.6 Å². The summed E-state index contributed by atoms with van der Waals surface area (Å²) in [7, 11) is 0. The van der Waals surface area contributed by atoms with E-state index in [1.165, 1.54) is 38.5 Å². The first kappa shape index (κ1) is 12.6. The van der Waals surface area contributed by atoms with E-state index in [1.807, 2.05) is 0 Å². The molecule has 0 unspecified atom stereocenters. The molecule has 15 heavy (non-hydrogen) atoms. The van der Waals surface area contributed by atoms with Crippen molar-refractivity contribution < 1.29 is 0 Å². The molecule has 1 heterocycles. The molecular weight excluding hydrogens is 314 g/mol. The molecule has 2 aliphatic rings. The highest BCUT2D eigenvalue weighted by molar-refractivity contribution is 14.2. The van der Waals surface area contributed by atoms with Gasteiger partial charge in [0.25, 0.3) is 0 Å². The lowest BCUT2D eigenvalue weighted by Gasteiger charge is -2.54. The molecule has 2 fully saturated rings. The van der Waals surface area contributed by atoms with Crippen LogP contribution in [0.1, 0.15) is 66.2 Å². The van der Waals surface area contributed by atoms with Crippen LogP contribution in [0.25, 0.3) is 0 Å². The second-order valence-corrected chi connectivity index (χ2v) is 12.8. The number of hydrogen-bond acceptors (Lipinski definition) is 0. The second kappa shape index (κ2) is 3.83. The summed E-state index contributed by atoms with van der Waals surface area (Å²) < 4.78 is 0. The van der Waals surface area contributed by atoms with Gasteiger partial charge < -0.3 is 0 Å². The summed E-state index contributed by atoms with van der Waals surface area (Å²) in [5.74, 6) is 0. The van der Waals surface area contributed by atoms with E-state index < -0.39 is 0 Å². The quantitative estimate of drug-likeness (QED) is 0.391. The fraction of sp³-hybridized carbons (Fsp3) is 1.00. The molecule has 0 aromatic rings. The summed E-state index contributed by atoms with van der Waals surface area (Å²) >= 11 is 2.78. The monoisotopic (exact) mass is 338 g/mol. The van der Waals surface area contributed by atoms with Crippen LogP contribution in [-0.4, -0.2) is 10.3 Å². The third-order valence-corrected chi connectivity index (χ3v) is 14.6. The number of rotatable bonds is 0. The van der Waals surface area contributed by atoms with Gasteiger partial charge in [-0.15, -0.1) is 0 Å². The van der Waals surface area contributed by atoms with Crippen LogP contribution in [0.5, 0.6) is 0 Å². The summed E-state index contributed by atoms with van der Waals surface area (Å²) in [6.07, 6.45) is 9.01. The largest absolute Gasteiger partial charge is 0.0552 e. The van der Waals surface area contributed by atoms with Gasteiger partial charge in [-0.05, 0) is 47.0 Å². The van der Waals surface area contributed by atoms with Gasteiger partial charge in [0.05, 0.1) is 0 Å². The molecule has 0 radical (unpaired) electrons. The van der Waals surface area contributed by atoms with Crippen molar-refractivity contribution in [2.45, 2.75) is 76.5 Å². The molecule has 2 rings (SSSR count). The lowest BCUT2D eigenvalue weighted by molar-refractivity contribution is 0.187. The molecule has 0 atom stereocenters. The maximum absolute atomic E-state index is 2.78. The van der Waals surface area contributed by atoms with E-state index in [9.17, 15) is 0 Å². The van der Waals surface area contributed by atoms with Crippen LogP contribution < -0.4 is 0 Å². The molecule has 0 aromatic heterocycles. The van der Waals surface area contributed by atoms with Gasteiger partial charge in [0.15, 0.2) is 0 Å². The van der Waals surface area contributed by atoms with Crippen LogP contribution in [-0.2, 0) is 0 Å². The Morgan fingerprint density at radius 1 is 0.867 bits per heavy atom. The van der Waals surface area contributed by atoms with Gasteiger partial charge >= 0.3 is 0 Å². The van der Waals surface area contributed by atoms with Crippen molar-refractivity contribution in [2.75, 3.05) is 0 Å². The smallest absolute Gasteiger partial charge is 0.00507 e. The third-order valence-electron chi connectivity index (χ3n) is 4.34. The first-order chi connectivity index (χ1) is 6.78. The number of hydrogen-bond donors (Lipinski definition) is 0. The van der Waals surface area contributed by atoms with Crippen LogP contribution in [0, 0.1) is 5.41 Å². The zero-order valence-electron chi connectivity index (χ0n) is 10.6. The Labute approximate surface area is 109 Å². The predicted octanol–water partition coefficient (Wildman–Crippen LogP) is 5.73. The Balaban J connectivity index is 2.27. The summed E-state index contributed by atoms with van der Waals surface area (Å²) in [4.78, 5) is 0. The van der Waals surface area contributed by atoms with Crippen molar-refractivity contribution in [3.05, 3.63) is 0 Å². The van der Waals surface area contributed by atoms with Crippen LogP contribution in [0.2, 0.25) is 0 Å². The fourth-order valence-corrected chi connectivity index (χ4v) is 7.95. The average molecular weight is 338 g/mol. The fourth-order valence-electron chi connectivity index (χ4n) is 4.33. The van der Waals surface area contributed by atoms with Gasteiger partial charge in [-0.25, -0.2) is 0 Å². The van der Waals surface area contributed by atoms with Gasteiger partial charge in [-0.1, -0.05) is 62.6 Å². The van der Waals surface area contributed by atoms with Gasteiger partial charge in [-0.2, -0.15) is 0 Å². The molecule has 0 amide bonds. The summed E-state index contributed by atoms with van der Waals surface area (Å²) in [6, 6.07) is 0. The van der Waals surface area contributed by atoms with Gasteiger partial charge in [0, 0.05) is 0 Å². The van der Waals surface area contributed by atoms with Crippen LogP contribution in [0.4, 0.5) is 0 Å². The maximum Gasteiger partial charge on any atom is -0.00507 e. The Kier molecular flexibility index (Phi) is 3.22. The Morgan fingerprint density at radius 2 is 1.27 bits per heavy atom. The Hall–Kier alpha value is 1.16. The van der Waals surface area contributed by atoms with E-state index in [2.05, 4.69) is 49.7 Å². The predicted molar refractivity (Wildman–Crippen MR) is 79.2 cm³/mol. The maximum atomic E-state index is 2.78. The van der Waals surface area contributed by atoms with E-state index in [1.54, 1.807) is 0 Å². The van der Waals surface area contributed by atoms with Crippen LogP contribution in [0.3, 0.4) is 0 Å². The molecule has 1 saturated heterocycles. The second-order valence-electron chi connectivity index (χ2n) is 6.97. The highest BCUT2D eigenvalue weighted by Gasteiger charge is 2.53. The van der Waals surface area contributed by atoms with Crippen LogP contribution in [0.15, 0.2) is 0 Å². The molecular formula is C13H24IP. The summed E-state index contributed by atoms with van der Waals surface area (Å²) in [5, 5.41) is 1.20. The molecule has 0 bridgehead atoms. The SMILES string of the molecule is CC1(C)CC2(CCCC2)CC(C)(C)P1I. The van der Waals surface area contributed by atoms with Gasteiger partial charge in [0.2, 0.25) is 0 Å². The Bertz CT molecular complexity index is 231. The van der Waals surface area contributed by atoms with Crippen molar-refractivity contribution in [1.29, 1.82) is 0 Å². The van der Waals surface area contributed by atoms with Crippen molar-refractivity contribution in [3.63, 3.8) is 0 Å². The third kappa shape index (κ3) is 2.25. The minimum Gasteiger partial charge on any atom is -0.0552 e. The van der Waals surface area contributed by atoms with Crippen molar-refractivity contribution in [2.24, 2.45) is 5.41 Å². The molecule has 1 aliphatic carbocycles. The highest BCUT2D eigenvalue weighted by atomic mass is 127. The lowest BCUT2D eigenvalue weighted by Crippen LogP contribution is -2.43. The summed E-state index contributed by atoms with van der Waals surface area (Å²) in [6.45, 7) is 10.1. The minimum absolute atomic E-state index is 0.150. The van der Waals surface area contributed by atoms with Gasteiger partial charge in [0.1, 0.15) is 0 Å². The normalized spacial score (nSPS) is 33.4. The average Bonchev–Trinajstić information content (AvgIpc) is 2.47. The molecule has 0 aromatic carbocycles. The molecule has 1 saturated carbocycles. The number of halogens is 1. The van der Waals surface area contributed by atoms with Gasteiger partial charge in [-0.3, -0.25) is 0 Å². The molecule has 0 N–H and O–H groups in total. The lowest BCUT2D eigenvalue weighted by atomic mass is 9.72. The minimum atomic E-state index is 0.150. The topological polar surface area (TPSA) is 0 Å². The summed E-state index contributed by atoms with van der Waals surface area (Å²) in [5.41, 5.74) is 0.883.